The molecule has 0 saturated heterocycles. The third-order valence-corrected chi connectivity index (χ3v) is 4.10. The van der Waals surface area contributed by atoms with E-state index >= 15 is 0 Å². The highest BCUT2D eigenvalue weighted by molar-refractivity contribution is 14.1. The molecule has 0 aliphatic heterocycles. The lowest BCUT2D eigenvalue weighted by molar-refractivity contribution is 1.02. The van der Waals surface area contributed by atoms with Crippen LogP contribution in [0.15, 0.2) is 46.7 Å². The number of halogens is 2. The summed E-state index contributed by atoms with van der Waals surface area (Å²) in [5, 5.41) is 1.71. The Morgan fingerprint density at radius 3 is 2.60 bits per heavy atom. The van der Waals surface area contributed by atoms with Gasteiger partial charge in [-0.1, -0.05) is 23.4 Å². The zero-order valence-corrected chi connectivity index (χ0v) is 11.3. The monoisotopic (exact) mass is 348 g/mol. The van der Waals surface area contributed by atoms with Gasteiger partial charge in [0, 0.05) is 16.1 Å². The van der Waals surface area contributed by atoms with Crippen molar-refractivity contribution < 1.29 is 0 Å². The molecule has 76 valence electrons. The van der Waals surface area contributed by atoms with E-state index in [0.29, 0.717) is 0 Å². The van der Waals surface area contributed by atoms with Gasteiger partial charge >= 0.3 is 0 Å². The summed E-state index contributed by atoms with van der Waals surface area (Å²) in [5.74, 6) is 0. The molecule has 0 amide bonds. The highest BCUT2D eigenvalue weighted by Crippen LogP contribution is 2.29. The van der Waals surface area contributed by atoms with Crippen LogP contribution in [-0.4, -0.2) is 9.97 Å². The second kappa shape index (κ2) is 5.14. The summed E-state index contributed by atoms with van der Waals surface area (Å²) < 4.78 is 1.05. The van der Waals surface area contributed by atoms with Gasteiger partial charge in [-0.15, -0.1) is 0 Å². The Morgan fingerprint density at radius 2 is 1.93 bits per heavy atom. The molecule has 5 heteroatoms. The lowest BCUT2D eigenvalue weighted by Gasteiger charge is -2.02. The molecule has 0 bridgehead atoms. The fraction of sp³-hybridized carbons (Fsp3) is 0. The van der Waals surface area contributed by atoms with Crippen LogP contribution in [0.5, 0.6) is 0 Å². The molecular formula is C10H6ClIN2S. The Bertz CT molecular complexity index is 461. The molecule has 0 fully saturated rings. The molecule has 0 aliphatic rings. The summed E-state index contributed by atoms with van der Waals surface area (Å²) in [5.41, 5.74) is 0. The fourth-order valence-corrected chi connectivity index (χ4v) is 2.49. The van der Waals surface area contributed by atoms with Crippen LogP contribution in [0, 0.1) is 3.57 Å². The van der Waals surface area contributed by atoms with Crippen LogP contribution in [0.3, 0.4) is 0 Å². The van der Waals surface area contributed by atoms with Crippen molar-refractivity contribution in [2.45, 2.75) is 9.92 Å². The number of aromatic nitrogens is 2. The van der Waals surface area contributed by atoms with E-state index in [9.17, 15) is 0 Å². The zero-order valence-electron chi connectivity index (χ0n) is 7.52. The summed E-state index contributed by atoms with van der Waals surface area (Å²) in [6.07, 6.45) is 3.35. The molecule has 15 heavy (non-hydrogen) atoms. The molecule has 2 rings (SSSR count). The van der Waals surface area contributed by atoms with Crippen LogP contribution in [-0.2, 0) is 0 Å². The van der Waals surface area contributed by atoms with Gasteiger partial charge in [0.2, 0.25) is 0 Å². The van der Waals surface area contributed by atoms with E-state index in [1.54, 1.807) is 24.3 Å². The normalized spacial score (nSPS) is 10.3. The van der Waals surface area contributed by atoms with E-state index in [-0.39, 0.29) is 0 Å². The quantitative estimate of drug-likeness (QED) is 0.608. The first kappa shape index (κ1) is 11.2. The smallest absolute Gasteiger partial charge is 0.118 e. The summed E-state index contributed by atoms with van der Waals surface area (Å²) in [7, 11) is 0. The van der Waals surface area contributed by atoms with Crippen molar-refractivity contribution in [2.75, 3.05) is 0 Å². The lowest BCUT2D eigenvalue weighted by Crippen LogP contribution is -1.86. The number of hydrogen-bond acceptors (Lipinski definition) is 3. The maximum absolute atomic E-state index is 5.81. The van der Waals surface area contributed by atoms with Crippen molar-refractivity contribution in [3.05, 3.63) is 45.4 Å². The van der Waals surface area contributed by atoms with Gasteiger partial charge in [-0.25, -0.2) is 9.97 Å². The first-order valence-electron chi connectivity index (χ1n) is 4.14. The highest BCUT2D eigenvalue weighted by Gasteiger charge is 2.03. The van der Waals surface area contributed by atoms with Gasteiger partial charge in [-0.05, 0) is 46.9 Å². The Balaban J connectivity index is 2.22. The minimum Gasteiger partial charge on any atom is -0.244 e. The van der Waals surface area contributed by atoms with Crippen molar-refractivity contribution >= 4 is 46.0 Å². The molecular weight excluding hydrogens is 343 g/mol. The predicted octanol–water partition coefficient (Wildman–Crippen LogP) is 3.89. The van der Waals surface area contributed by atoms with Crippen molar-refractivity contribution in [2.24, 2.45) is 0 Å². The first-order chi connectivity index (χ1) is 7.25. The Morgan fingerprint density at radius 1 is 1.20 bits per heavy atom. The Labute approximate surface area is 111 Å². The van der Waals surface area contributed by atoms with E-state index in [0.717, 1.165) is 18.5 Å². The third-order valence-electron chi connectivity index (χ3n) is 1.66. The van der Waals surface area contributed by atoms with Gasteiger partial charge < -0.3 is 0 Å². The summed E-state index contributed by atoms with van der Waals surface area (Å²) in [6, 6.07) is 7.70. The fourth-order valence-electron chi connectivity index (χ4n) is 0.991. The van der Waals surface area contributed by atoms with Crippen LogP contribution >= 0.6 is 46.0 Å². The number of nitrogens with zero attached hydrogens (tertiary/aromatic N) is 2. The van der Waals surface area contributed by atoms with Gasteiger partial charge in [0.25, 0.3) is 0 Å². The van der Waals surface area contributed by atoms with Crippen LogP contribution in [0.1, 0.15) is 0 Å². The largest absolute Gasteiger partial charge is 0.244 e. The van der Waals surface area contributed by atoms with Crippen molar-refractivity contribution in [3.63, 3.8) is 0 Å². The Kier molecular flexibility index (Phi) is 3.82. The van der Waals surface area contributed by atoms with Crippen molar-refractivity contribution in [1.82, 2.24) is 9.97 Å². The highest BCUT2D eigenvalue weighted by atomic mass is 127. The number of hydrogen-bond donors (Lipinski definition) is 0. The molecule has 0 spiro atoms. The molecule has 0 N–H and O–H groups in total. The molecule has 2 nitrogen and oxygen atoms in total. The topological polar surface area (TPSA) is 25.8 Å². The van der Waals surface area contributed by atoms with E-state index in [1.165, 1.54) is 0 Å². The molecule has 1 heterocycles. The van der Waals surface area contributed by atoms with Gasteiger partial charge in [0.05, 0.1) is 3.57 Å². The average molecular weight is 349 g/mol. The molecule has 2 aromatic rings. The zero-order chi connectivity index (χ0) is 10.7. The molecule has 0 aliphatic carbocycles. The van der Waals surface area contributed by atoms with Crippen LogP contribution in [0.2, 0.25) is 5.02 Å². The third kappa shape index (κ3) is 3.06. The van der Waals surface area contributed by atoms with Gasteiger partial charge in [0.1, 0.15) is 11.4 Å². The molecule has 0 atom stereocenters. The lowest BCUT2D eigenvalue weighted by atomic mass is 10.4. The number of rotatable bonds is 2. The molecule has 0 radical (unpaired) electrons. The van der Waals surface area contributed by atoms with Crippen molar-refractivity contribution in [3.8, 4) is 0 Å². The van der Waals surface area contributed by atoms with Gasteiger partial charge in [-0.2, -0.15) is 0 Å². The Hall–Kier alpha value is -0.330. The predicted molar refractivity (Wildman–Crippen MR) is 70.3 cm³/mol. The van der Waals surface area contributed by atoms with Crippen LogP contribution in [0.25, 0.3) is 0 Å². The maximum atomic E-state index is 5.81. The number of benzene rings is 1. The summed E-state index contributed by atoms with van der Waals surface area (Å²) in [4.78, 5) is 9.28. The SMILES string of the molecule is Clc1ccc(Sc2ncncc2I)cc1. The van der Waals surface area contributed by atoms with Crippen LogP contribution in [0.4, 0.5) is 0 Å². The van der Waals surface area contributed by atoms with Gasteiger partial charge in [0.15, 0.2) is 0 Å². The van der Waals surface area contributed by atoms with E-state index in [2.05, 4.69) is 32.6 Å². The van der Waals surface area contributed by atoms with Crippen LogP contribution < -0.4 is 0 Å². The van der Waals surface area contributed by atoms with E-state index in [1.807, 2.05) is 24.3 Å². The second-order valence-electron chi connectivity index (χ2n) is 2.73. The molecule has 0 saturated carbocycles. The molecule has 0 unspecified atom stereocenters. The second-order valence-corrected chi connectivity index (χ2v) is 5.39. The van der Waals surface area contributed by atoms with E-state index in [4.69, 9.17) is 11.6 Å². The van der Waals surface area contributed by atoms with E-state index < -0.39 is 0 Å². The maximum Gasteiger partial charge on any atom is 0.118 e. The first-order valence-corrected chi connectivity index (χ1v) is 6.42. The average Bonchev–Trinajstić information content (AvgIpc) is 2.25. The van der Waals surface area contributed by atoms with Gasteiger partial charge in [-0.3, -0.25) is 0 Å². The minimum absolute atomic E-state index is 0.747. The van der Waals surface area contributed by atoms with Crippen molar-refractivity contribution in [1.29, 1.82) is 0 Å². The standard InChI is InChI=1S/C10H6ClIN2S/c11-7-1-3-8(4-2-7)15-10-9(12)5-13-6-14-10/h1-6H. The minimum atomic E-state index is 0.747. The molecule has 1 aromatic heterocycles. The summed E-state index contributed by atoms with van der Waals surface area (Å²) in [6.45, 7) is 0. The molecule has 1 aromatic carbocycles. The summed E-state index contributed by atoms with van der Waals surface area (Å²) >= 11 is 9.64.